The maximum absolute atomic E-state index is 13.2. The molecule has 1 aliphatic rings. The Morgan fingerprint density at radius 2 is 2.00 bits per heavy atom. The molecule has 0 saturated carbocycles. The summed E-state index contributed by atoms with van der Waals surface area (Å²) in [6.45, 7) is 1.40. The van der Waals surface area contributed by atoms with Crippen LogP contribution in [-0.2, 0) is 4.79 Å². The number of benzene rings is 2. The minimum absolute atomic E-state index is 0.0234. The van der Waals surface area contributed by atoms with Crippen molar-refractivity contribution in [3.05, 3.63) is 71.6 Å². The van der Waals surface area contributed by atoms with Gasteiger partial charge in [0.1, 0.15) is 11.6 Å². The molecule has 5 nitrogen and oxygen atoms in total. The van der Waals surface area contributed by atoms with Crippen LogP contribution in [0.4, 0.5) is 15.9 Å². The van der Waals surface area contributed by atoms with E-state index in [1.165, 1.54) is 12.1 Å². The number of piperidine rings is 1. The van der Waals surface area contributed by atoms with Crippen LogP contribution in [0.2, 0.25) is 5.02 Å². The molecule has 148 valence electrons. The highest BCUT2D eigenvalue weighted by atomic mass is 35.5. The first kappa shape index (κ1) is 19.3. The third kappa shape index (κ3) is 4.71. The van der Waals surface area contributed by atoms with Crippen molar-refractivity contribution in [3.63, 3.8) is 0 Å². The average molecular weight is 411 g/mol. The summed E-state index contributed by atoms with van der Waals surface area (Å²) in [6.07, 6.45) is 3.40. The second-order valence-corrected chi connectivity index (χ2v) is 7.47. The van der Waals surface area contributed by atoms with Crippen LogP contribution in [0.25, 0.3) is 11.4 Å². The number of anilines is 2. The topological polar surface area (TPSA) is 58.1 Å². The van der Waals surface area contributed by atoms with E-state index < -0.39 is 0 Å². The van der Waals surface area contributed by atoms with Gasteiger partial charge < -0.3 is 10.2 Å². The van der Waals surface area contributed by atoms with Crippen molar-refractivity contribution in [2.24, 2.45) is 5.92 Å². The summed E-state index contributed by atoms with van der Waals surface area (Å²) in [5.74, 6) is 0.832. The van der Waals surface area contributed by atoms with Crippen LogP contribution < -0.4 is 10.2 Å². The second-order valence-electron chi connectivity index (χ2n) is 7.03. The molecule has 1 N–H and O–H groups in total. The van der Waals surface area contributed by atoms with Gasteiger partial charge in [-0.1, -0.05) is 17.7 Å². The second kappa shape index (κ2) is 8.57. The molecule has 1 fully saturated rings. The lowest BCUT2D eigenvalue weighted by Gasteiger charge is -2.33. The van der Waals surface area contributed by atoms with Gasteiger partial charge >= 0.3 is 0 Å². The largest absolute Gasteiger partial charge is 0.356 e. The van der Waals surface area contributed by atoms with Crippen LogP contribution >= 0.6 is 11.6 Å². The van der Waals surface area contributed by atoms with Crippen molar-refractivity contribution in [2.75, 3.05) is 23.3 Å². The summed E-state index contributed by atoms with van der Waals surface area (Å²) in [6, 6.07) is 15.1. The third-order valence-corrected chi connectivity index (χ3v) is 5.19. The molecule has 0 spiro atoms. The van der Waals surface area contributed by atoms with E-state index >= 15 is 0 Å². The Morgan fingerprint density at radius 3 is 2.79 bits per heavy atom. The molecule has 7 heteroatoms. The lowest BCUT2D eigenvalue weighted by atomic mass is 9.97. The van der Waals surface area contributed by atoms with Crippen LogP contribution in [0.5, 0.6) is 0 Å². The Labute approximate surface area is 173 Å². The summed E-state index contributed by atoms with van der Waals surface area (Å²) in [5.41, 5.74) is 1.45. The number of hydrogen-bond acceptors (Lipinski definition) is 4. The van der Waals surface area contributed by atoms with Gasteiger partial charge in [-0.25, -0.2) is 14.4 Å². The van der Waals surface area contributed by atoms with Gasteiger partial charge in [-0.05, 0) is 61.4 Å². The van der Waals surface area contributed by atoms with Gasteiger partial charge in [0.25, 0.3) is 0 Å². The average Bonchev–Trinajstić information content (AvgIpc) is 2.74. The predicted octanol–water partition coefficient (Wildman–Crippen LogP) is 4.79. The number of hydrogen-bond donors (Lipinski definition) is 1. The first-order valence-electron chi connectivity index (χ1n) is 9.49. The summed E-state index contributed by atoms with van der Waals surface area (Å²) < 4.78 is 13.2. The Kier molecular flexibility index (Phi) is 5.71. The number of nitrogens with one attached hydrogen (secondary N) is 1. The normalized spacial score (nSPS) is 16.5. The summed E-state index contributed by atoms with van der Waals surface area (Å²) in [7, 11) is 0. The number of aromatic nitrogens is 2. The number of carbonyl (C=O) groups excluding carboxylic acids is 1. The van der Waals surface area contributed by atoms with Crippen molar-refractivity contribution in [3.8, 4) is 11.4 Å². The molecule has 29 heavy (non-hydrogen) atoms. The van der Waals surface area contributed by atoms with Crippen LogP contribution in [-0.4, -0.2) is 29.0 Å². The number of halogens is 2. The third-order valence-electron chi connectivity index (χ3n) is 4.95. The number of rotatable bonds is 4. The van der Waals surface area contributed by atoms with Crippen LogP contribution in [0.1, 0.15) is 12.8 Å². The van der Waals surface area contributed by atoms with E-state index in [2.05, 4.69) is 20.2 Å². The molecule has 1 unspecified atom stereocenters. The van der Waals surface area contributed by atoms with Gasteiger partial charge in [0.15, 0.2) is 5.82 Å². The molecule has 2 aromatic carbocycles. The van der Waals surface area contributed by atoms with Gasteiger partial charge in [-0.2, -0.15) is 0 Å². The van der Waals surface area contributed by atoms with E-state index in [0.717, 1.165) is 30.8 Å². The number of nitrogens with zero attached hydrogens (tertiary/aromatic N) is 3. The van der Waals surface area contributed by atoms with Gasteiger partial charge in [0, 0.05) is 35.6 Å². The fraction of sp³-hybridized carbons (Fsp3) is 0.227. The summed E-state index contributed by atoms with van der Waals surface area (Å²) in [4.78, 5) is 23.8. The molecule has 1 saturated heterocycles. The zero-order chi connectivity index (χ0) is 20.2. The van der Waals surface area contributed by atoms with Crippen molar-refractivity contribution < 1.29 is 9.18 Å². The molecular formula is C22H20ClFN4O. The Bertz CT molecular complexity index is 1010. The monoisotopic (exact) mass is 410 g/mol. The molecule has 0 aliphatic carbocycles. The zero-order valence-electron chi connectivity index (χ0n) is 15.7. The van der Waals surface area contributed by atoms with Crippen molar-refractivity contribution >= 4 is 29.0 Å². The Balaban J connectivity index is 1.47. The molecule has 0 radical (unpaired) electrons. The molecule has 1 amide bonds. The van der Waals surface area contributed by atoms with Crippen LogP contribution in [0.15, 0.2) is 60.8 Å². The van der Waals surface area contributed by atoms with Gasteiger partial charge in [0.05, 0.1) is 5.92 Å². The van der Waals surface area contributed by atoms with Crippen molar-refractivity contribution in [1.82, 2.24) is 9.97 Å². The van der Waals surface area contributed by atoms with E-state index in [1.54, 1.807) is 30.5 Å². The molecule has 1 atom stereocenters. The highest BCUT2D eigenvalue weighted by Crippen LogP contribution is 2.25. The van der Waals surface area contributed by atoms with Gasteiger partial charge in [-0.3, -0.25) is 4.79 Å². The SMILES string of the molecule is O=C(Nc1cccc(Cl)c1)C1CCCN(c2ccnc(-c3ccc(F)cc3)n2)C1. The lowest BCUT2D eigenvalue weighted by Crippen LogP contribution is -2.41. The Morgan fingerprint density at radius 1 is 1.17 bits per heavy atom. The fourth-order valence-electron chi connectivity index (χ4n) is 3.47. The summed E-state index contributed by atoms with van der Waals surface area (Å²) >= 11 is 6.00. The first-order valence-corrected chi connectivity index (χ1v) is 9.87. The minimum atomic E-state index is -0.297. The van der Waals surface area contributed by atoms with E-state index in [-0.39, 0.29) is 17.6 Å². The highest BCUT2D eigenvalue weighted by Gasteiger charge is 2.27. The van der Waals surface area contributed by atoms with Crippen molar-refractivity contribution in [2.45, 2.75) is 12.8 Å². The minimum Gasteiger partial charge on any atom is -0.356 e. The molecular weight excluding hydrogens is 391 g/mol. The van der Waals surface area contributed by atoms with Gasteiger partial charge in [-0.15, -0.1) is 0 Å². The fourth-order valence-corrected chi connectivity index (χ4v) is 3.66. The number of carbonyl (C=O) groups is 1. The molecule has 1 aromatic heterocycles. The highest BCUT2D eigenvalue weighted by molar-refractivity contribution is 6.30. The molecule has 3 aromatic rings. The standard InChI is InChI=1S/C22H20ClFN4O/c23-17-4-1-5-19(13-17)26-22(29)16-3-2-12-28(14-16)20-10-11-25-21(27-20)15-6-8-18(24)9-7-15/h1,4-11,13,16H,2-3,12,14H2,(H,26,29). The van der Waals surface area contributed by atoms with Crippen LogP contribution in [0.3, 0.4) is 0 Å². The molecule has 0 bridgehead atoms. The maximum Gasteiger partial charge on any atom is 0.229 e. The Hall–Kier alpha value is -2.99. The first-order chi connectivity index (χ1) is 14.1. The number of amides is 1. The van der Waals surface area contributed by atoms with Crippen LogP contribution in [0, 0.1) is 11.7 Å². The smallest absolute Gasteiger partial charge is 0.229 e. The quantitative estimate of drug-likeness (QED) is 0.671. The molecule has 2 heterocycles. The summed E-state index contributed by atoms with van der Waals surface area (Å²) in [5, 5.41) is 3.53. The van der Waals surface area contributed by atoms with E-state index in [1.807, 2.05) is 18.2 Å². The lowest BCUT2D eigenvalue weighted by molar-refractivity contribution is -0.120. The van der Waals surface area contributed by atoms with Crippen molar-refractivity contribution in [1.29, 1.82) is 0 Å². The predicted molar refractivity (Wildman–Crippen MR) is 112 cm³/mol. The van der Waals surface area contributed by atoms with E-state index in [0.29, 0.717) is 23.1 Å². The van der Waals surface area contributed by atoms with E-state index in [4.69, 9.17) is 11.6 Å². The zero-order valence-corrected chi connectivity index (χ0v) is 16.4. The van der Waals surface area contributed by atoms with Gasteiger partial charge in [0.2, 0.25) is 5.91 Å². The van der Waals surface area contributed by atoms with E-state index in [9.17, 15) is 9.18 Å². The molecule has 1 aliphatic heterocycles. The molecule has 4 rings (SSSR count). The maximum atomic E-state index is 13.2.